The quantitative estimate of drug-likeness (QED) is 0.574. The van der Waals surface area contributed by atoms with Crippen LogP contribution in [0, 0.1) is 11.3 Å². The van der Waals surface area contributed by atoms with Gasteiger partial charge < -0.3 is 0 Å². The fourth-order valence-electron chi connectivity index (χ4n) is 1.73. The summed E-state index contributed by atoms with van der Waals surface area (Å²) in [5, 5.41) is 0. The van der Waals surface area contributed by atoms with E-state index in [9.17, 15) is 13.6 Å². The Morgan fingerprint density at radius 2 is 1.54 bits per heavy atom. The molecular weight excluding hydrogens is 174 g/mol. The molecule has 1 aliphatic carbocycles. The van der Waals surface area contributed by atoms with Crippen molar-refractivity contribution < 1.29 is 13.6 Å². The predicted octanol–water partition coefficient (Wildman–Crippen LogP) is 2.69. The van der Waals surface area contributed by atoms with Crippen molar-refractivity contribution in [3.8, 4) is 0 Å². The average Bonchev–Trinajstić information content (AvgIpc) is 1.97. The third-order valence-corrected chi connectivity index (χ3v) is 2.83. The zero-order chi connectivity index (χ0) is 10.2. The number of rotatable bonds is 0. The van der Waals surface area contributed by atoms with Gasteiger partial charge in [-0.3, -0.25) is 4.79 Å². The largest absolute Gasteiger partial charge is 0.293 e. The minimum absolute atomic E-state index is 0.0322. The molecule has 0 N–H and O–H groups in total. The van der Waals surface area contributed by atoms with Crippen molar-refractivity contribution in [3.63, 3.8) is 0 Å². The highest BCUT2D eigenvalue weighted by Crippen LogP contribution is 2.38. The van der Waals surface area contributed by atoms with E-state index in [0.717, 1.165) is 0 Å². The Balaban J connectivity index is 2.69. The van der Waals surface area contributed by atoms with Crippen LogP contribution in [0.25, 0.3) is 0 Å². The Morgan fingerprint density at radius 3 is 1.85 bits per heavy atom. The molecule has 0 spiro atoms. The van der Waals surface area contributed by atoms with E-state index in [1.165, 1.54) is 0 Å². The lowest BCUT2D eigenvalue weighted by Crippen LogP contribution is -2.40. The number of halogens is 2. The predicted molar refractivity (Wildman–Crippen MR) is 47.0 cm³/mol. The summed E-state index contributed by atoms with van der Waals surface area (Å²) in [6.45, 7) is 5.85. The Morgan fingerprint density at radius 1 is 1.15 bits per heavy atom. The molecule has 2 atom stereocenters. The molecule has 0 aromatic carbocycles. The van der Waals surface area contributed by atoms with Crippen molar-refractivity contribution in [2.75, 3.05) is 0 Å². The van der Waals surface area contributed by atoms with Crippen molar-refractivity contribution in [2.24, 2.45) is 11.3 Å². The van der Waals surface area contributed by atoms with Gasteiger partial charge in [0.15, 0.2) is 12.3 Å². The first kappa shape index (κ1) is 10.6. The summed E-state index contributed by atoms with van der Waals surface area (Å²) in [5.41, 5.74) is -0.116. The molecule has 1 nitrogen and oxygen atoms in total. The van der Waals surface area contributed by atoms with Crippen LogP contribution in [0.1, 0.15) is 33.6 Å². The van der Waals surface area contributed by atoms with Crippen LogP contribution in [0.15, 0.2) is 0 Å². The molecule has 0 amide bonds. The monoisotopic (exact) mass is 190 g/mol. The second-order valence-electron chi connectivity index (χ2n) is 4.87. The average molecular weight is 190 g/mol. The number of ketones is 1. The van der Waals surface area contributed by atoms with Crippen molar-refractivity contribution in [1.82, 2.24) is 0 Å². The van der Waals surface area contributed by atoms with Gasteiger partial charge in [0.25, 0.3) is 0 Å². The zero-order valence-corrected chi connectivity index (χ0v) is 8.31. The number of Topliss-reactive ketones (excluding diaryl/α,β-unsaturated/α-hetero) is 1. The molecule has 0 aliphatic heterocycles. The van der Waals surface area contributed by atoms with Gasteiger partial charge in [0, 0.05) is 0 Å². The smallest absolute Gasteiger partial charge is 0.200 e. The highest BCUT2D eigenvalue weighted by atomic mass is 19.1. The van der Waals surface area contributed by atoms with Gasteiger partial charge in [0.05, 0.1) is 0 Å². The Hall–Kier alpha value is -0.470. The molecule has 76 valence electrons. The molecular formula is C10H16F2O. The van der Waals surface area contributed by atoms with Crippen LogP contribution in [-0.4, -0.2) is 18.1 Å². The summed E-state index contributed by atoms with van der Waals surface area (Å²) in [6.07, 6.45) is -2.81. The van der Waals surface area contributed by atoms with Crippen LogP contribution in [0.3, 0.4) is 0 Å². The lowest BCUT2D eigenvalue weighted by atomic mass is 9.71. The maximum absolute atomic E-state index is 13.0. The Labute approximate surface area is 77.5 Å². The lowest BCUT2D eigenvalue weighted by Gasteiger charge is -2.35. The van der Waals surface area contributed by atoms with E-state index < -0.39 is 18.1 Å². The van der Waals surface area contributed by atoms with Gasteiger partial charge in [-0.2, -0.15) is 0 Å². The molecule has 1 saturated carbocycles. The number of carbonyl (C=O) groups is 1. The third-order valence-electron chi connectivity index (χ3n) is 2.83. The number of carbonyl (C=O) groups excluding carboxylic acids is 1. The summed E-state index contributed by atoms with van der Waals surface area (Å²) in [4.78, 5) is 10.8. The van der Waals surface area contributed by atoms with Crippen molar-refractivity contribution in [3.05, 3.63) is 0 Å². The third kappa shape index (κ3) is 2.26. The SMILES string of the molecule is CC(C)(C)C1C[C@H](F)C(=O)[C@@H](F)C1. The van der Waals surface area contributed by atoms with Gasteiger partial charge in [-0.1, -0.05) is 20.8 Å². The van der Waals surface area contributed by atoms with E-state index in [2.05, 4.69) is 0 Å². The second kappa shape index (κ2) is 3.35. The molecule has 0 saturated heterocycles. The number of hydrogen-bond acceptors (Lipinski definition) is 1. The number of alkyl halides is 2. The lowest BCUT2D eigenvalue weighted by molar-refractivity contribution is -0.134. The molecule has 0 unspecified atom stereocenters. The zero-order valence-electron chi connectivity index (χ0n) is 8.31. The summed E-state index contributed by atoms with van der Waals surface area (Å²) in [5.74, 6) is -0.893. The van der Waals surface area contributed by atoms with Gasteiger partial charge in [0.2, 0.25) is 5.78 Å². The van der Waals surface area contributed by atoms with Crippen LogP contribution in [0.5, 0.6) is 0 Å². The molecule has 1 fully saturated rings. The maximum Gasteiger partial charge on any atom is 0.200 e. The highest BCUT2D eigenvalue weighted by molar-refractivity contribution is 5.87. The van der Waals surface area contributed by atoms with Crippen LogP contribution in [0.4, 0.5) is 8.78 Å². The molecule has 0 aromatic rings. The van der Waals surface area contributed by atoms with Crippen LogP contribution in [-0.2, 0) is 4.79 Å². The summed E-state index contributed by atoms with van der Waals surface area (Å²) in [7, 11) is 0. The minimum Gasteiger partial charge on any atom is -0.293 e. The van der Waals surface area contributed by atoms with Gasteiger partial charge in [-0.05, 0) is 24.2 Å². The van der Waals surface area contributed by atoms with Crippen molar-refractivity contribution in [1.29, 1.82) is 0 Å². The Kier molecular flexibility index (Phi) is 2.74. The van der Waals surface area contributed by atoms with Gasteiger partial charge >= 0.3 is 0 Å². The Bertz CT molecular complexity index is 193. The molecule has 0 radical (unpaired) electrons. The van der Waals surface area contributed by atoms with E-state index in [1.807, 2.05) is 20.8 Å². The first-order chi connectivity index (χ1) is 5.82. The first-order valence-corrected chi connectivity index (χ1v) is 4.64. The molecule has 3 heteroatoms. The molecule has 0 heterocycles. The standard InChI is InChI=1S/C10H16F2O/c1-10(2,3)6-4-7(11)9(13)8(12)5-6/h6-8H,4-5H2,1-3H3/t7-,8-/m0/s1. The molecule has 0 bridgehead atoms. The van der Waals surface area contributed by atoms with Gasteiger partial charge in [-0.15, -0.1) is 0 Å². The molecule has 0 aromatic heterocycles. The van der Waals surface area contributed by atoms with E-state index in [4.69, 9.17) is 0 Å². The van der Waals surface area contributed by atoms with Gasteiger partial charge in [0.1, 0.15) is 0 Å². The molecule has 1 aliphatic rings. The fourth-order valence-corrected chi connectivity index (χ4v) is 1.73. The minimum atomic E-state index is -1.59. The van der Waals surface area contributed by atoms with Crippen LogP contribution >= 0.6 is 0 Å². The first-order valence-electron chi connectivity index (χ1n) is 4.64. The van der Waals surface area contributed by atoms with Crippen molar-refractivity contribution >= 4 is 5.78 Å². The van der Waals surface area contributed by atoms with Crippen LogP contribution in [0.2, 0.25) is 0 Å². The summed E-state index contributed by atoms with van der Waals surface area (Å²) >= 11 is 0. The summed E-state index contributed by atoms with van der Waals surface area (Å²) in [6, 6.07) is 0. The maximum atomic E-state index is 13.0. The van der Waals surface area contributed by atoms with Crippen molar-refractivity contribution in [2.45, 2.75) is 46.0 Å². The van der Waals surface area contributed by atoms with Gasteiger partial charge in [-0.25, -0.2) is 8.78 Å². The fraction of sp³-hybridized carbons (Fsp3) is 0.900. The highest BCUT2D eigenvalue weighted by Gasteiger charge is 2.40. The van der Waals surface area contributed by atoms with E-state index in [1.54, 1.807) is 0 Å². The topological polar surface area (TPSA) is 17.1 Å². The van der Waals surface area contributed by atoms with E-state index in [0.29, 0.717) is 0 Å². The molecule has 13 heavy (non-hydrogen) atoms. The van der Waals surface area contributed by atoms with Crippen LogP contribution < -0.4 is 0 Å². The second-order valence-corrected chi connectivity index (χ2v) is 4.87. The van der Waals surface area contributed by atoms with E-state index in [-0.39, 0.29) is 24.2 Å². The summed E-state index contributed by atoms with van der Waals surface area (Å²) < 4.78 is 26.0. The van der Waals surface area contributed by atoms with E-state index >= 15 is 0 Å². The molecule has 1 rings (SSSR count). The normalized spacial score (nSPS) is 36.4. The number of hydrogen-bond donors (Lipinski definition) is 0.